The van der Waals surface area contributed by atoms with Gasteiger partial charge < -0.3 is 25.2 Å². The van der Waals surface area contributed by atoms with E-state index in [9.17, 15) is 0 Å². The lowest BCUT2D eigenvalue weighted by molar-refractivity contribution is 0.0992. The second kappa shape index (κ2) is 7.80. The Morgan fingerprint density at radius 2 is 2.15 bits per heavy atom. The summed E-state index contributed by atoms with van der Waals surface area (Å²) >= 11 is 0. The predicted octanol–water partition coefficient (Wildman–Crippen LogP) is 0.818. The van der Waals surface area contributed by atoms with Gasteiger partial charge in [0.05, 0.1) is 18.2 Å². The molecule has 3 aliphatic heterocycles. The van der Waals surface area contributed by atoms with Gasteiger partial charge in [-0.3, -0.25) is 4.99 Å². The maximum Gasteiger partial charge on any atom is 0.191 e. The first kappa shape index (κ1) is 17.5. The van der Waals surface area contributed by atoms with Gasteiger partial charge in [-0.25, -0.2) is 4.98 Å². The molecule has 0 radical (unpaired) electrons. The van der Waals surface area contributed by atoms with E-state index < -0.39 is 0 Å². The molecule has 3 atom stereocenters. The number of fused-ring (bicyclic) bond motifs is 2. The molecule has 0 aliphatic carbocycles. The Hall–Kier alpha value is -1.86. The van der Waals surface area contributed by atoms with E-state index in [-0.39, 0.29) is 0 Å². The Labute approximate surface area is 155 Å². The minimum Gasteiger partial charge on any atom is -0.373 e. The second-order valence-electron chi connectivity index (χ2n) is 7.60. The summed E-state index contributed by atoms with van der Waals surface area (Å²) in [5, 5.41) is 6.97. The smallest absolute Gasteiger partial charge is 0.191 e. The number of aromatic nitrogens is 1. The molecule has 1 aromatic heterocycles. The summed E-state index contributed by atoms with van der Waals surface area (Å²) in [7, 11) is 4.00. The molecule has 7 nitrogen and oxygen atoms in total. The van der Waals surface area contributed by atoms with Crippen LogP contribution in [0.1, 0.15) is 24.8 Å². The van der Waals surface area contributed by atoms with Gasteiger partial charge >= 0.3 is 0 Å². The van der Waals surface area contributed by atoms with E-state index in [1.807, 2.05) is 13.2 Å². The zero-order chi connectivity index (χ0) is 17.9. The number of rotatable bonds is 4. The number of piperazine rings is 1. The predicted molar refractivity (Wildman–Crippen MR) is 104 cm³/mol. The van der Waals surface area contributed by atoms with Gasteiger partial charge in [-0.05, 0) is 44.0 Å². The molecule has 0 saturated carbocycles. The Kier molecular flexibility index (Phi) is 5.26. The average Bonchev–Trinajstić information content (AvgIpc) is 3.29. The molecule has 3 fully saturated rings. The third kappa shape index (κ3) is 3.94. The molecular weight excluding hydrogens is 328 g/mol. The van der Waals surface area contributed by atoms with Crippen LogP contribution < -0.4 is 15.5 Å². The van der Waals surface area contributed by atoms with E-state index in [1.54, 1.807) is 0 Å². The number of hydrogen-bond acceptors (Lipinski definition) is 5. The molecule has 3 saturated heterocycles. The van der Waals surface area contributed by atoms with Crippen LogP contribution in [0.15, 0.2) is 23.3 Å². The van der Waals surface area contributed by atoms with Crippen LogP contribution in [0.2, 0.25) is 0 Å². The van der Waals surface area contributed by atoms with Crippen molar-refractivity contribution < 1.29 is 4.74 Å². The molecule has 4 heterocycles. The van der Waals surface area contributed by atoms with Crippen LogP contribution in [0.25, 0.3) is 0 Å². The Balaban J connectivity index is 1.31. The summed E-state index contributed by atoms with van der Waals surface area (Å²) in [6.07, 6.45) is 6.17. The van der Waals surface area contributed by atoms with Crippen molar-refractivity contribution in [3.8, 4) is 0 Å². The van der Waals surface area contributed by atoms with Crippen molar-refractivity contribution in [2.75, 3.05) is 45.2 Å². The average molecular weight is 358 g/mol. The maximum absolute atomic E-state index is 5.92. The minimum atomic E-state index is 0.350. The van der Waals surface area contributed by atoms with E-state index in [0.717, 1.165) is 57.3 Å². The Morgan fingerprint density at radius 3 is 2.85 bits per heavy atom. The fourth-order valence-electron chi connectivity index (χ4n) is 4.12. The van der Waals surface area contributed by atoms with Crippen molar-refractivity contribution in [2.45, 2.75) is 44.1 Å². The van der Waals surface area contributed by atoms with Crippen molar-refractivity contribution in [3.63, 3.8) is 0 Å². The molecule has 3 unspecified atom stereocenters. The van der Waals surface area contributed by atoms with Crippen molar-refractivity contribution >= 4 is 11.8 Å². The summed E-state index contributed by atoms with van der Waals surface area (Å²) in [6.45, 7) is 4.99. The van der Waals surface area contributed by atoms with Crippen LogP contribution in [0, 0.1) is 0 Å². The lowest BCUT2D eigenvalue weighted by Gasteiger charge is -2.33. The maximum atomic E-state index is 5.92. The largest absolute Gasteiger partial charge is 0.373 e. The van der Waals surface area contributed by atoms with Crippen LogP contribution in [0.3, 0.4) is 0 Å². The van der Waals surface area contributed by atoms with E-state index in [1.165, 1.54) is 12.0 Å². The Bertz CT molecular complexity index is 643. The highest BCUT2D eigenvalue weighted by Crippen LogP contribution is 2.34. The number of anilines is 1. The van der Waals surface area contributed by atoms with Gasteiger partial charge in [-0.15, -0.1) is 0 Å². The first-order chi connectivity index (χ1) is 12.7. The number of nitrogens with one attached hydrogen (secondary N) is 2. The number of guanidine groups is 1. The topological polar surface area (TPSA) is 65.0 Å². The number of aliphatic imine (C=N–C) groups is 1. The molecule has 3 aliphatic rings. The van der Waals surface area contributed by atoms with Crippen LogP contribution in [0.5, 0.6) is 0 Å². The van der Waals surface area contributed by atoms with Gasteiger partial charge in [0.1, 0.15) is 5.82 Å². The van der Waals surface area contributed by atoms with Crippen molar-refractivity contribution in [2.24, 2.45) is 4.99 Å². The van der Waals surface area contributed by atoms with Gasteiger partial charge in [0, 0.05) is 46.0 Å². The molecule has 7 heteroatoms. The fourth-order valence-corrected chi connectivity index (χ4v) is 4.12. The zero-order valence-corrected chi connectivity index (χ0v) is 15.8. The first-order valence-electron chi connectivity index (χ1n) is 9.72. The van der Waals surface area contributed by atoms with Gasteiger partial charge in [-0.2, -0.15) is 0 Å². The third-order valence-corrected chi connectivity index (χ3v) is 5.75. The molecule has 2 N–H and O–H groups in total. The van der Waals surface area contributed by atoms with E-state index in [2.05, 4.69) is 49.6 Å². The zero-order valence-electron chi connectivity index (χ0n) is 15.8. The van der Waals surface area contributed by atoms with Crippen LogP contribution in [0.4, 0.5) is 5.82 Å². The fraction of sp³-hybridized carbons (Fsp3) is 0.684. The van der Waals surface area contributed by atoms with E-state index in [0.29, 0.717) is 18.2 Å². The van der Waals surface area contributed by atoms with Crippen LogP contribution in [-0.4, -0.2) is 74.4 Å². The van der Waals surface area contributed by atoms with Crippen molar-refractivity contribution in [1.82, 2.24) is 20.5 Å². The van der Waals surface area contributed by atoms with Crippen molar-refractivity contribution in [1.29, 1.82) is 0 Å². The summed E-state index contributed by atoms with van der Waals surface area (Å²) in [6, 6.07) is 4.64. The summed E-state index contributed by atoms with van der Waals surface area (Å²) in [5.41, 5.74) is 1.22. The highest BCUT2D eigenvalue weighted by molar-refractivity contribution is 5.80. The van der Waals surface area contributed by atoms with Gasteiger partial charge in [0.25, 0.3) is 0 Å². The van der Waals surface area contributed by atoms with Gasteiger partial charge in [0.15, 0.2) is 5.96 Å². The highest BCUT2D eigenvalue weighted by Gasteiger charge is 2.41. The van der Waals surface area contributed by atoms with E-state index >= 15 is 0 Å². The number of nitrogens with zero attached hydrogens (tertiary/aromatic N) is 4. The molecule has 0 aromatic carbocycles. The van der Waals surface area contributed by atoms with Gasteiger partial charge in [0.2, 0.25) is 0 Å². The lowest BCUT2D eigenvalue weighted by atomic mass is 9.96. The quantitative estimate of drug-likeness (QED) is 0.614. The number of ether oxygens (including phenoxy) is 1. The molecule has 142 valence electrons. The molecule has 0 amide bonds. The molecule has 4 rings (SSSR count). The SMILES string of the molecule is CN=C(NCc1ccnc(N2CCN(C)CC2)c1)NC1CC2CCC1O2. The standard InChI is InChI=1S/C19H30N6O/c1-20-19(23-16-12-15-3-4-17(16)26-15)22-13-14-5-6-21-18(11-14)25-9-7-24(2)8-10-25/h5-6,11,15-17H,3-4,7-10,12-13H2,1-2H3,(H2,20,22,23). The summed E-state index contributed by atoms with van der Waals surface area (Å²) in [5.74, 6) is 1.92. The van der Waals surface area contributed by atoms with Crippen LogP contribution in [-0.2, 0) is 11.3 Å². The number of pyridine rings is 1. The number of likely N-dealkylation sites (N-methyl/N-ethyl adjacent to an activating group) is 1. The second-order valence-corrected chi connectivity index (χ2v) is 7.60. The summed E-state index contributed by atoms with van der Waals surface area (Å²) in [4.78, 5) is 13.7. The number of hydrogen-bond donors (Lipinski definition) is 2. The highest BCUT2D eigenvalue weighted by atomic mass is 16.5. The first-order valence-corrected chi connectivity index (χ1v) is 9.72. The molecular formula is C19H30N6O. The normalized spacial score (nSPS) is 29.2. The van der Waals surface area contributed by atoms with Gasteiger partial charge in [-0.1, -0.05) is 0 Å². The molecule has 26 heavy (non-hydrogen) atoms. The monoisotopic (exact) mass is 358 g/mol. The third-order valence-electron chi connectivity index (χ3n) is 5.75. The Morgan fingerprint density at radius 1 is 1.31 bits per heavy atom. The van der Waals surface area contributed by atoms with Crippen molar-refractivity contribution in [3.05, 3.63) is 23.9 Å². The van der Waals surface area contributed by atoms with Crippen LogP contribution >= 0.6 is 0 Å². The summed E-state index contributed by atoms with van der Waals surface area (Å²) < 4.78 is 5.92. The van der Waals surface area contributed by atoms with E-state index in [4.69, 9.17) is 4.74 Å². The molecule has 0 spiro atoms. The molecule has 1 aromatic rings. The minimum absolute atomic E-state index is 0.350. The molecule has 2 bridgehead atoms. The lowest BCUT2D eigenvalue weighted by Crippen LogP contribution is -2.47.